The van der Waals surface area contributed by atoms with Gasteiger partial charge in [-0.2, -0.15) is 0 Å². The lowest BCUT2D eigenvalue weighted by Gasteiger charge is -2.42. The molecule has 1 amide bonds. The molecule has 1 fully saturated rings. The third kappa shape index (κ3) is 4.76. The fraction of sp³-hybridized carbons (Fsp3) is 0.226. The van der Waals surface area contributed by atoms with Gasteiger partial charge in [-0.15, -0.1) is 0 Å². The van der Waals surface area contributed by atoms with Crippen molar-refractivity contribution in [1.29, 1.82) is 0 Å². The van der Waals surface area contributed by atoms with Gasteiger partial charge in [0.05, 0.1) is 11.3 Å². The summed E-state index contributed by atoms with van der Waals surface area (Å²) in [6.45, 7) is 6.06. The van der Waals surface area contributed by atoms with E-state index in [9.17, 15) is 9.90 Å². The molecule has 1 aliphatic rings. The van der Waals surface area contributed by atoms with Crippen LogP contribution in [0.25, 0.3) is 39.5 Å². The summed E-state index contributed by atoms with van der Waals surface area (Å²) >= 11 is 0. The Bertz CT molecular complexity index is 1660. The molecule has 0 spiro atoms. The lowest BCUT2D eigenvalue weighted by atomic mass is 10.1. The van der Waals surface area contributed by atoms with E-state index in [4.69, 9.17) is 15.7 Å². The molecule has 2 aromatic carbocycles. The molecule has 3 aromatic heterocycles. The predicted molar refractivity (Wildman–Crippen MR) is 156 cm³/mol. The van der Waals surface area contributed by atoms with E-state index in [1.165, 1.54) is 0 Å². The highest BCUT2D eigenvalue weighted by molar-refractivity contribution is 5.84. The van der Waals surface area contributed by atoms with Gasteiger partial charge in [0.1, 0.15) is 11.3 Å². The van der Waals surface area contributed by atoms with Crippen molar-refractivity contribution in [2.45, 2.75) is 32.5 Å². The Labute approximate surface area is 232 Å². The normalized spacial score (nSPS) is 17.8. The highest BCUT2D eigenvalue weighted by Gasteiger charge is 2.32. The van der Waals surface area contributed by atoms with Crippen LogP contribution in [0.4, 0.5) is 10.6 Å². The van der Waals surface area contributed by atoms with E-state index >= 15 is 0 Å². The number of rotatable bonds is 5. The molecule has 0 aliphatic carbocycles. The minimum Gasteiger partial charge on any atom is -0.465 e. The van der Waals surface area contributed by atoms with Crippen LogP contribution in [0.5, 0.6) is 0 Å². The zero-order valence-electron chi connectivity index (χ0n) is 22.5. The SMILES string of the molecule is C[C@H]1CN(Cc2ccc(-n3c(-c4cccnc4N)nc4ccc(-c5ccccc5)nc43)cc2)C[C@H](C)N1C(=O)O. The molecule has 1 aliphatic heterocycles. The van der Waals surface area contributed by atoms with E-state index in [-0.39, 0.29) is 12.1 Å². The van der Waals surface area contributed by atoms with Crippen LogP contribution in [-0.2, 0) is 6.54 Å². The van der Waals surface area contributed by atoms with E-state index in [0.29, 0.717) is 24.7 Å². The molecule has 5 aromatic rings. The maximum atomic E-state index is 11.6. The average molecular weight is 534 g/mol. The number of nitrogens with two attached hydrogens (primary N) is 1. The Hall–Kier alpha value is -4.76. The first-order valence-electron chi connectivity index (χ1n) is 13.4. The molecule has 0 bridgehead atoms. The second kappa shape index (κ2) is 10.4. The van der Waals surface area contributed by atoms with E-state index in [1.54, 1.807) is 11.1 Å². The quantitative estimate of drug-likeness (QED) is 0.315. The molecule has 2 atom stereocenters. The highest BCUT2D eigenvalue weighted by Crippen LogP contribution is 2.32. The van der Waals surface area contributed by atoms with Gasteiger partial charge in [-0.25, -0.2) is 19.7 Å². The Morgan fingerprint density at radius 3 is 2.33 bits per heavy atom. The summed E-state index contributed by atoms with van der Waals surface area (Å²) in [5.41, 5.74) is 12.5. The number of nitrogens with zero attached hydrogens (tertiary/aromatic N) is 6. The number of benzene rings is 2. The molecular formula is C31H31N7O2. The summed E-state index contributed by atoms with van der Waals surface area (Å²) < 4.78 is 2.04. The topological polar surface area (TPSA) is 113 Å². The van der Waals surface area contributed by atoms with Crippen LogP contribution >= 0.6 is 0 Å². The number of nitrogen functional groups attached to an aromatic ring is 1. The first-order chi connectivity index (χ1) is 19.4. The minimum absolute atomic E-state index is 0.0600. The molecule has 202 valence electrons. The number of carbonyl (C=O) groups is 1. The van der Waals surface area contributed by atoms with E-state index in [2.05, 4.69) is 34.1 Å². The minimum atomic E-state index is -0.856. The number of piperazine rings is 1. The molecule has 9 nitrogen and oxygen atoms in total. The third-order valence-corrected chi connectivity index (χ3v) is 7.47. The number of pyridine rings is 2. The number of amides is 1. The van der Waals surface area contributed by atoms with Gasteiger partial charge in [-0.3, -0.25) is 9.47 Å². The van der Waals surface area contributed by atoms with Crippen LogP contribution in [0.1, 0.15) is 19.4 Å². The van der Waals surface area contributed by atoms with Gasteiger partial charge in [-0.05, 0) is 55.8 Å². The zero-order valence-corrected chi connectivity index (χ0v) is 22.5. The smallest absolute Gasteiger partial charge is 0.407 e. The maximum Gasteiger partial charge on any atom is 0.407 e. The number of anilines is 1. The van der Waals surface area contributed by atoms with Crippen LogP contribution in [0.15, 0.2) is 85.1 Å². The number of hydrogen-bond donors (Lipinski definition) is 2. The molecule has 9 heteroatoms. The second-order valence-corrected chi connectivity index (χ2v) is 10.4. The molecule has 6 rings (SSSR count). The fourth-order valence-electron chi connectivity index (χ4n) is 5.71. The fourth-order valence-corrected chi connectivity index (χ4v) is 5.71. The lowest BCUT2D eigenvalue weighted by Crippen LogP contribution is -2.57. The zero-order chi connectivity index (χ0) is 27.8. The molecule has 4 heterocycles. The summed E-state index contributed by atoms with van der Waals surface area (Å²) in [6, 6.07) is 26.1. The van der Waals surface area contributed by atoms with Gasteiger partial charge < -0.3 is 15.7 Å². The molecule has 3 N–H and O–H groups in total. The van der Waals surface area contributed by atoms with Crippen molar-refractivity contribution in [2.75, 3.05) is 18.8 Å². The molecule has 1 saturated heterocycles. The molecule has 0 saturated carbocycles. The van der Waals surface area contributed by atoms with Crippen molar-refractivity contribution < 1.29 is 9.90 Å². The Kier molecular flexibility index (Phi) is 6.65. The van der Waals surface area contributed by atoms with Gasteiger partial charge in [0, 0.05) is 49.2 Å². The van der Waals surface area contributed by atoms with Crippen molar-refractivity contribution >= 4 is 23.1 Å². The molecule has 0 unspecified atom stereocenters. The van der Waals surface area contributed by atoms with Crippen molar-refractivity contribution in [3.8, 4) is 28.3 Å². The largest absolute Gasteiger partial charge is 0.465 e. The first kappa shape index (κ1) is 25.5. The van der Waals surface area contributed by atoms with Crippen LogP contribution in [0.3, 0.4) is 0 Å². The highest BCUT2D eigenvalue weighted by atomic mass is 16.4. The lowest BCUT2D eigenvalue weighted by molar-refractivity contribution is 0.0381. The molecule has 40 heavy (non-hydrogen) atoms. The number of fused-ring (bicyclic) bond motifs is 1. The Morgan fingerprint density at radius 2 is 1.65 bits per heavy atom. The van der Waals surface area contributed by atoms with Crippen molar-refractivity contribution in [3.05, 3.63) is 90.6 Å². The summed E-state index contributed by atoms with van der Waals surface area (Å²) in [5.74, 6) is 1.08. The summed E-state index contributed by atoms with van der Waals surface area (Å²) in [4.78, 5) is 29.7. The maximum absolute atomic E-state index is 11.6. The van der Waals surface area contributed by atoms with Gasteiger partial charge >= 0.3 is 6.09 Å². The first-order valence-corrected chi connectivity index (χ1v) is 13.4. The van der Waals surface area contributed by atoms with Crippen LogP contribution in [0.2, 0.25) is 0 Å². The van der Waals surface area contributed by atoms with Crippen molar-refractivity contribution in [3.63, 3.8) is 0 Å². The Morgan fingerprint density at radius 1 is 0.925 bits per heavy atom. The van der Waals surface area contributed by atoms with Gasteiger partial charge in [0.15, 0.2) is 11.5 Å². The molecule has 0 radical (unpaired) electrons. The number of carboxylic acid groups (broad SMARTS) is 1. The monoisotopic (exact) mass is 533 g/mol. The van der Waals surface area contributed by atoms with Crippen molar-refractivity contribution in [2.24, 2.45) is 0 Å². The van der Waals surface area contributed by atoms with Crippen LogP contribution in [-0.4, -0.2) is 65.7 Å². The third-order valence-electron chi connectivity index (χ3n) is 7.47. The Balaban J connectivity index is 1.37. The van der Waals surface area contributed by atoms with Gasteiger partial charge in [0.2, 0.25) is 0 Å². The van der Waals surface area contributed by atoms with E-state index in [0.717, 1.165) is 45.8 Å². The standard InChI is InChI=1S/C31H31N7O2/c1-20-17-36(18-21(2)37(20)31(39)40)19-22-10-12-24(13-11-22)38-29(25-9-6-16-33-28(25)32)35-27-15-14-26(34-30(27)38)23-7-4-3-5-8-23/h3-16,20-21H,17-19H2,1-2H3,(H2,32,33)(H,39,40)/t20-,21-/m0/s1. The number of aromatic nitrogens is 4. The summed E-state index contributed by atoms with van der Waals surface area (Å²) in [7, 11) is 0. The second-order valence-electron chi connectivity index (χ2n) is 10.4. The average Bonchev–Trinajstić information content (AvgIpc) is 3.32. The predicted octanol–water partition coefficient (Wildman–Crippen LogP) is 5.30. The molecular weight excluding hydrogens is 502 g/mol. The van der Waals surface area contributed by atoms with Gasteiger partial charge in [0.25, 0.3) is 0 Å². The van der Waals surface area contributed by atoms with Crippen molar-refractivity contribution in [1.82, 2.24) is 29.3 Å². The summed E-state index contributed by atoms with van der Waals surface area (Å²) in [6.07, 6.45) is 0.815. The van der Waals surface area contributed by atoms with E-state index in [1.807, 2.05) is 73.0 Å². The van der Waals surface area contributed by atoms with E-state index < -0.39 is 6.09 Å². The van der Waals surface area contributed by atoms with Gasteiger partial charge in [-0.1, -0.05) is 42.5 Å². The number of imidazole rings is 1. The summed E-state index contributed by atoms with van der Waals surface area (Å²) in [5, 5.41) is 9.54. The van der Waals surface area contributed by atoms with Crippen LogP contribution in [0, 0.1) is 0 Å². The van der Waals surface area contributed by atoms with Crippen LogP contribution < -0.4 is 5.73 Å². The number of hydrogen-bond acceptors (Lipinski definition) is 6.